The molecule has 0 amide bonds. The first kappa shape index (κ1) is 15.7. The van der Waals surface area contributed by atoms with Crippen molar-refractivity contribution in [2.75, 3.05) is 20.2 Å². The molecule has 0 radical (unpaired) electrons. The Morgan fingerprint density at radius 1 is 1.31 bits per heavy atom. The molecule has 1 aromatic carbocycles. The van der Waals surface area contributed by atoms with Crippen molar-refractivity contribution in [3.8, 4) is 11.5 Å². The Labute approximate surface area is 154 Å². The van der Waals surface area contributed by atoms with Gasteiger partial charge in [0.05, 0.1) is 18.5 Å². The largest absolute Gasteiger partial charge is 0.632 e. The lowest BCUT2D eigenvalue weighted by atomic mass is 9.49. The second-order valence-electron chi connectivity index (χ2n) is 9.28. The van der Waals surface area contributed by atoms with Crippen molar-refractivity contribution >= 4 is 0 Å². The van der Waals surface area contributed by atoms with Crippen LogP contribution in [0.15, 0.2) is 12.1 Å². The summed E-state index contributed by atoms with van der Waals surface area (Å²) in [7, 11) is 1.80. The molecule has 3 aliphatic carbocycles. The van der Waals surface area contributed by atoms with E-state index in [-0.39, 0.29) is 28.0 Å². The molecule has 5 aliphatic rings. The van der Waals surface area contributed by atoms with Gasteiger partial charge in [0.15, 0.2) is 11.5 Å². The second-order valence-corrected chi connectivity index (χ2v) is 9.28. The second kappa shape index (κ2) is 4.75. The highest BCUT2D eigenvalue weighted by atomic mass is 16.6. The van der Waals surface area contributed by atoms with Crippen molar-refractivity contribution in [2.24, 2.45) is 5.92 Å². The normalized spacial score (nSPS) is 45.2. The fourth-order valence-corrected chi connectivity index (χ4v) is 7.14. The van der Waals surface area contributed by atoms with E-state index in [0.29, 0.717) is 18.2 Å². The summed E-state index contributed by atoms with van der Waals surface area (Å²) in [5.74, 6) is 1.51. The van der Waals surface area contributed by atoms with Gasteiger partial charge in [0.1, 0.15) is 17.7 Å². The number of benzene rings is 1. The summed E-state index contributed by atoms with van der Waals surface area (Å²) in [6.07, 6.45) is 6.91. The highest BCUT2D eigenvalue weighted by molar-refractivity contribution is 5.61. The molecule has 26 heavy (non-hydrogen) atoms. The zero-order chi connectivity index (χ0) is 17.7. The molecular weight excluding hydrogens is 330 g/mol. The average molecular weight is 357 g/mol. The van der Waals surface area contributed by atoms with Gasteiger partial charge < -0.3 is 24.4 Å². The quantitative estimate of drug-likeness (QED) is 0.667. The van der Waals surface area contributed by atoms with Gasteiger partial charge in [-0.05, 0) is 43.7 Å². The van der Waals surface area contributed by atoms with Gasteiger partial charge in [0.2, 0.25) is 0 Å². The number of ether oxygens (including phenoxy) is 2. The van der Waals surface area contributed by atoms with E-state index in [4.69, 9.17) is 9.47 Å². The fraction of sp³-hybridized carbons (Fsp3) is 0.714. The van der Waals surface area contributed by atoms with Crippen LogP contribution in [0.5, 0.6) is 11.5 Å². The number of piperidine rings is 1. The average Bonchev–Trinajstić information content (AvgIpc) is 3.37. The molecule has 1 spiro atoms. The lowest BCUT2D eigenvalue weighted by Gasteiger charge is -2.68. The third-order valence-corrected chi connectivity index (χ3v) is 8.28. The Bertz CT molecular complexity index is 792. The SMILES string of the molecule is COC12CCC[C@@H]3Oc4c(O)ccc5c4[C@@]31CC[N@+]([O-])(CC1CC1)[C@@H]2C5. The predicted molar refractivity (Wildman–Crippen MR) is 96.0 cm³/mol. The monoisotopic (exact) mass is 357 g/mol. The van der Waals surface area contributed by atoms with Crippen LogP contribution in [0, 0.1) is 11.1 Å². The van der Waals surface area contributed by atoms with Crippen LogP contribution in [0.3, 0.4) is 0 Å². The Hall–Kier alpha value is -1.30. The Kier molecular flexibility index (Phi) is 2.87. The number of nitrogens with zero attached hydrogens (tertiary/aromatic N) is 1. The zero-order valence-corrected chi connectivity index (χ0v) is 15.4. The molecule has 1 saturated heterocycles. The molecule has 2 aliphatic heterocycles. The van der Waals surface area contributed by atoms with E-state index in [0.717, 1.165) is 44.2 Å². The predicted octanol–water partition coefficient (Wildman–Crippen LogP) is 3.01. The molecule has 1 N–H and O–H groups in total. The van der Waals surface area contributed by atoms with Gasteiger partial charge in [-0.25, -0.2) is 0 Å². The summed E-state index contributed by atoms with van der Waals surface area (Å²) < 4.78 is 12.6. The summed E-state index contributed by atoms with van der Waals surface area (Å²) in [5.41, 5.74) is 1.64. The third-order valence-electron chi connectivity index (χ3n) is 8.28. The number of quaternary nitrogens is 1. The standard InChI is InChI=1S/C21H27NO4/c1-25-21-8-2-3-17-20(21)9-10-22(24,12-13-4-5-13)16(21)11-14-6-7-15(23)19(26-17)18(14)20/h6-7,13,16-17,23H,2-5,8-12H2,1H3/t16-,17+,20-,21?,22+/m1/s1. The van der Waals surface area contributed by atoms with E-state index in [1.165, 1.54) is 18.4 Å². The van der Waals surface area contributed by atoms with E-state index >= 15 is 0 Å². The maximum absolute atomic E-state index is 14.1. The van der Waals surface area contributed by atoms with E-state index in [1.54, 1.807) is 13.2 Å². The van der Waals surface area contributed by atoms with Gasteiger partial charge in [-0.15, -0.1) is 0 Å². The van der Waals surface area contributed by atoms with Crippen molar-refractivity contribution in [2.45, 2.75) is 68.1 Å². The Morgan fingerprint density at radius 3 is 2.92 bits per heavy atom. The molecule has 1 unspecified atom stereocenters. The summed E-state index contributed by atoms with van der Waals surface area (Å²) in [6.45, 7) is 1.40. The fourth-order valence-electron chi connectivity index (χ4n) is 7.14. The van der Waals surface area contributed by atoms with Gasteiger partial charge in [0.25, 0.3) is 0 Å². The summed E-state index contributed by atoms with van der Waals surface area (Å²) >= 11 is 0. The molecule has 2 heterocycles. The first-order chi connectivity index (χ1) is 12.5. The van der Waals surface area contributed by atoms with E-state index in [1.807, 2.05) is 6.07 Å². The van der Waals surface area contributed by atoms with Gasteiger partial charge in [-0.1, -0.05) is 6.07 Å². The molecule has 2 bridgehead atoms. The summed E-state index contributed by atoms with van der Waals surface area (Å²) in [5, 5.41) is 24.6. The molecule has 0 aromatic heterocycles. The minimum atomic E-state index is -0.461. The van der Waals surface area contributed by atoms with Crippen LogP contribution < -0.4 is 4.74 Å². The van der Waals surface area contributed by atoms with Gasteiger partial charge in [-0.3, -0.25) is 0 Å². The molecule has 140 valence electrons. The first-order valence-corrected chi connectivity index (χ1v) is 10.2. The summed E-state index contributed by atoms with van der Waals surface area (Å²) in [6, 6.07) is 3.71. The molecule has 5 nitrogen and oxygen atoms in total. The van der Waals surface area contributed by atoms with E-state index in [9.17, 15) is 10.3 Å². The van der Waals surface area contributed by atoms with Crippen LogP contribution in [0.25, 0.3) is 0 Å². The maximum Gasteiger partial charge on any atom is 0.165 e. The highest BCUT2D eigenvalue weighted by Gasteiger charge is 2.75. The minimum Gasteiger partial charge on any atom is -0.632 e. The Balaban J connectivity index is 1.60. The Morgan fingerprint density at radius 2 is 2.15 bits per heavy atom. The molecular formula is C21H27NO4. The number of rotatable bonds is 3. The number of methoxy groups -OCH3 is 1. The van der Waals surface area contributed by atoms with Gasteiger partial charge in [-0.2, -0.15) is 0 Å². The van der Waals surface area contributed by atoms with Crippen LogP contribution >= 0.6 is 0 Å². The topological polar surface area (TPSA) is 61.8 Å². The van der Waals surface area contributed by atoms with E-state index < -0.39 is 5.60 Å². The van der Waals surface area contributed by atoms with Crippen LogP contribution in [0.2, 0.25) is 0 Å². The summed E-state index contributed by atoms with van der Waals surface area (Å²) in [4.78, 5) is 0. The number of phenols is 1. The number of phenolic OH excluding ortho intramolecular Hbond substituents is 1. The van der Waals surface area contributed by atoms with Gasteiger partial charge >= 0.3 is 0 Å². The molecule has 2 saturated carbocycles. The van der Waals surface area contributed by atoms with Crippen LogP contribution in [0.1, 0.15) is 49.7 Å². The molecule has 5 atom stereocenters. The molecule has 5 heteroatoms. The van der Waals surface area contributed by atoms with Crippen molar-refractivity contribution < 1.29 is 19.2 Å². The zero-order valence-electron chi connectivity index (χ0n) is 15.4. The van der Waals surface area contributed by atoms with Crippen molar-refractivity contribution in [3.05, 3.63) is 28.5 Å². The minimum absolute atomic E-state index is 0.0238. The highest BCUT2D eigenvalue weighted by Crippen LogP contribution is 2.67. The van der Waals surface area contributed by atoms with Crippen LogP contribution in [-0.4, -0.2) is 47.7 Å². The lowest BCUT2D eigenvalue weighted by molar-refractivity contribution is -0.924. The molecule has 6 rings (SSSR count). The number of hydrogen-bond donors (Lipinski definition) is 1. The van der Waals surface area contributed by atoms with Gasteiger partial charge in [0, 0.05) is 31.4 Å². The first-order valence-electron chi connectivity index (χ1n) is 10.2. The molecule has 3 fully saturated rings. The van der Waals surface area contributed by atoms with Crippen molar-refractivity contribution in [1.29, 1.82) is 0 Å². The lowest BCUT2D eigenvalue weighted by Crippen LogP contribution is -2.79. The molecule has 1 aromatic rings. The van der Waals surface area contributed by atoms with E-state index in [2.05, 4.69) is 0 Å². The number of aromatic hydroxyl groups is 1. The number of hydroxylamine groups is 3. The number of hydrogen-bond acceptors (Lipinski definition) is 4. The smallest absolute Gasteiger partial charge is 0.165 e. The van der Waals surface area contributed by atoms with Crippen molar-refractivity contribution in [3.63, 3.8) is 0 Å². The van der Waals surface area contributed by atoms with Crippen molar-refractivity contribution in [1.82, 2.24) is 0 Å². The maximum atomic E-state index is 14.1. The van der Waals surface area contributed by atoms with Crippen LogP contribution in [0.4, 0.5) is 0 Å². The third kappa shape index (κ3) is 1.60. The van der Waals surface area contributed by atoms with Crippen LogP contribution in [-0.2, 0) is 16.6 Å². The number of likely N-dealkylation sites (tertiary alicyclic amines) is 1.